The number of hydrogen-bond donors (Lipinski definition) is 0. The third kappa shape index (κ3) is 4.40. The Kier molecular flexibility index (Phi) is 6.00. The largest absolute Gasteiger partial charge is 0.497 e. The molecule has 2 aliphatic heterocycles. The minimum Gasteiger partial charge on any atom is -0.497 e. The molecule has 150 valence electrons. The van der Waals surface area contributed by atoms with Crippen molar-refractivity contribution in [2.45, 2.75) is 24.9 Å². The Morgan fingerprint density at radius 2 is 1.57 bits per heavy atom. The summed E-state index contributed by atoms with van der Waals surface area (Å²) >= 11 is 0. The van der Waals surface area contributed by atoms with Gasteiger partial charge in [-0.15, -0.1) is 0 Å². The van der Waals surface area contributed by atoms with Crippen molar-refractivity contribution in [1.29, 1.82) is 0 Å². The monoisotopic (exact) mass is 379 g/mol. The van der Waals surface area contributed by atoms with Crippen LogP contribution in [0.1, 0.15) is 17.5 Å². The summed E-state index contributed by atoms with van der Waals surface area (Å²) < 4.78 is 5.30. The van der Waals surface area contributed by atoms with Gasteiger partial charge in [-0.1, -0.05) is 42.5 Å². The highest BCUT2D eigenvalue weighted by Gasteiger charge is 2.43. The van der Waals surface area contributed by atoms with E-state index in [1.165, 1.54) is 50.3 Å². The van der Waals surface area contributed by atoms with Crippen molar-refractivity contribution < 1.29 is 4.74 Å². The summed E-state index contributed by atoms with van der Waals surface area (Å²) in [7, 11) is 3.97. The molecule has 4 heteroatoms. The molecule has 0 spiro atoms. The molecule has 0 saturated carbocycles. The lowest BCUT2D eigenvalue weighted by Gasteiger charge is -2.45. The number of ether oxygens (including phenoxy) is 1. The number of rotatable bonds is 6. The Bertz CT molecular complexity index is 740. The van der Waals surface area contributed by atoms with Crippen LogP contribution in [0.4, 0.5) is 0 Å². The average molecular weight is 380 g/mol. The lowest BCUT2D eigenvalue weighted by Crippen LogP contribution is -2.58. The van der Waals surface area contributed by atoms with E-state index in [0.29, 0.717) is 0 Å². The summed E-state index contributed by atoms with van der Waals surface area (Å²) in [6.45, 7) is 8.06. The number of methoxy groups -OCH3 is 1. The molecule has 2 aromatic rings. The molecule has 0 aliphatic carbocycles. The summed E-state index contributed by atoms with van der Waals surface area (Å²) in [5, 5.41) is 0. The maximum Gasteiger partial charge on any atom is 0.118 e. The van der Waals surface area contributed by atoms with Crippen molar-refractivity contribution in [2.75, 3.05) is 53.4 Å². The number of hydrogen-bond acceptors (Lipinski definition) is 4. The highest BCUT2D eigenvalue weighted by Crippen LogP contribution is 2.33. The third-order valence-electron chi connectivity index (χ3n) is 6.53. The molecule has 0 aromatic heterocycles. The van der Waals surface area contributed by atoms with E-state index < -0.39 is 0 Å². The second-order valence-corrected chi connectivity index (χ2v) is 8.49. The summed E-state index contributed by atoms with van der Waals surface area (Å²) in [6, 6.07) is 19.6. The number of benzene rings is 2. The molecule has 2 saturated heterocycles. The van der Waals surface area contributed by atoms with E-state index >= 15 is 0 Å². The van der Waals surface area contributed by atoms with Crippen LogP contribution in [0.2, 0.25) is 0 Å². The smallest absolute Gasteiger partial charge is 0.118 e. The summed E-state index contributed by atoms with van der Waals surface area (Å²) in [5.74, 6) is 0.932. The van der Waals surface area contributed by atoms with Crippen molar-refractivity contribution in [1.82, 2.24) is 14.7 Å². The first-order chi connectivity index (χ1) is 13.7. The first-order valence-electron chi connectivity index (χ1n) is 10.5. The standard InChI is InChI=1S/C24H33N3O/c1-25-14-16-27(17-15-25)24(18-21-6-4-3-5-7-21)12-13-26(20-24)19-22-8-10-23(28-2)11-9-22/h3-11H,12-20H2,1-2H3. The zero-order valence-corrected chi connectivity index (χ0v) is 17.3. The van der Waals surface area contributed by atoms with Gasteiger partial charge in [-0.05, 0) is 43.1 Å². The Morgan fingerprint density at radius 3 is 2.25 bits per heavy atom. The molecule has 4 nitrogen and oxygen atoms in total. The van der Waals surface area contributed by atoms with Gasteiger partial charge in [0.15, 0.2) is 0 Å². The van der Waals surface area contributed by atoms with Crippen LogP contribution in [-0.4, -0.2) is 73.7 Å². The quantitative estimate of drug-likeness (QED) is 0.768. The maximum absolute atomic E-state index is 5.30. The van der Waals surface area contributed by atoms with Crippen molar-refractivity contribution in [3.05, 3.63) is 65.7 Å². The average Bonchev–Trinajstić information content (AvgIpc) is 3.13. The molecule has 0 N–H and O–H groups in total. The number of piperazine rings is 1. The molecular weight excluding hydrogens is 346 g/mol. The van der Waals surface area contributed by atoms with Crippen molar-refractivity contribution >= 4 is 0 Å². The van der Waals surface area contributed by atoms with Crippen molar-refractivity contribution in [2.24, 2.45) is 0 Å². The molecule has 28 heavy (non-hydrogen) atoms. The third-order valence-corrected chi connectivity index (χ3v) is 6.53. The fraction of sp³-hybridized carbons (Fsp3) is 0.500. The number of likely N-dealkylation sites (N-methyl/N-ethyl adjacent to an activating group) is 1. The van der Waals surface area contributed by atoms with Gasteiger partial charge in [0.05, 0.1) is 7.11 Å². The van der Waals surface area contributed by atoms with Crippen LogP contribution >= 0.6 is 0 Å². The predicted octanol–water partition coefficient (Wildman–Crippen LogP) is 3.13. The molecular formula is C24H33N3O. The lowest BCUT2D eigenvalue weighted by atomic mass is 9.87. The fourth-order valence-electron chi connectivity index (χ4n) is 4.84. The minimum absolute atomic E-state index is 0.259. The van der Waals surface area contributed by atoms with Crippen molar-refractivity contribution in [3.8, 4) is 5.75 Å². The molecule has 0 amide bonds. The second kappa shape index (κ2) is 8.64. The van der Waals surface area contributed by atoms with Gasteiger partial charge >= 0.3 is 0 Å². The van der Waals surface area contributed by atoms with Crippen LogP contribution in [0.3, 0.4) is 0 Å². The van der Waals surface area contributed by atoms with Gasteiger partial charge in [0, 0.05) is 51.4 Å². The fourth-order valence-corrected chi connectivity index (χ4v) is 4.84. The van der Waals surface area contributed by atoms with Crippen LogP contribution in [0.25, 0.3) is 0 Å². The maximum atomic E-state index is 5.30. The van der Waals surface area contributed by atoms with E-state index in [4.69, 9.17) is 4.74 Å². The van der Waals surface area contributed by atoms with Crippen molar-refractivity contribution in [3.63, 3.8) is 0 Å². The molecule has 1 atom stereocenters. The molecule has 2 aliphatic rings. The molecule has 1 unspecified atom stereocenters. The van der Waals surface area contributed by atoms with Gasteiger partial charge < -0.3 is 9.64 Å². The molecule has 0 radical (unpaired) electrons. The van der Waals surface area contributed by atoms with Gasteiger partial charge in [0.1, 0.15) is 5.75 Å². The van der Waals surface area contributed by atoms with Gasteiger partial charge in [0.25, 0.3) is 0 Å². The molecule has 0 bridgehead atoms. The van der Waals surface area contributed by atoms with Gasteiger partial charge in [-0.3, -0.25) is 9.80 Å². The van der Waals surface area contributed by atoms with E-state index in [1.807, 2.05) is 0 Å². The number of nitrogens with zero attached hydrogens (tertiary/aromatic N) is 3. The zero-order valence-electron chi connectivity index (χ0n) is 17.3. The van der Waals surface area contributed by atoms with Crippen LogP contribution in [0, 0.1) is 0 Å². The molecule has 4 rings (SSSR count). The summed E-state index contributed by atoms with van der Waals surface area (Å²) in [5.41, 5.74) is 3.09. The SMILES string of the molecule is COc1ccc(CN2CCC(Cc3ccccc3)(N3CCN(C)CC3)C2)cc1. The zero-order chi connectivity index (χ0) is 19.4. The van der Waals surface area contributed by atoms with E-state index in [-0.39, 0.29) is 5.54 Å². The Hall–Kier alpha value is -1.88. The topological polar surface area (TPSA) is 19.0 Å². The summed E-state index contributed by atoms with van der Waals surface area (Å²) in [4.78, 5) is 7.88. The van der Waals surface area contributed by atoms with Crippen LogP contribution < -0.4 is 4.74 Å². The van der Waals surface area contributed by atoms with E-state index in [0.717, 1.165) is 25.3 Å². The first kappa shape index (κ1) is 19.4. The van der Waals surface area contributed by atoms with Crippen LogP contribution in [0.15, 0.2) is 54.6 Å². The molecule has 2 heterocycles. The second-order valence-electron chi connectivity index (χ2n) is 8.49. The Morgan fingerprint density at radius 1 is 0.857 bits per heavy atom. The van der Waals surface area contributed by atoms with Gasteiger partial charge in [-0.2, -0.15) is 0 Å². The lowest BCUT2D eigenvalue weighted by molar-refractivity contribution is 0.0434. The highest BCUT2D eigenvalue weighted by molar-refractivity contribution is 5.27. The van der Waals surface area contributed by atoms with Crippen LogP contribution in [-0.2, 0) is 13.0 Å². The van der Waals surface area contributed by atoms with E-state index in [9.17, 15) is 0 Å². The molecule has 2 aromatic carbocycles. The first-order valence-corrected chi connectivity index (χ1v) is 10.5. The number of likely N-dealkylation sites (tertiary alicyclic amines) is 1. The van der Waals surface area contributed by atoms with E-state index in [1.54, 1.807) is 7.11 Å². The minimum atomic E-state index is 0.259. The normalized spacial score (nSPS) is 24.5. The molecule has 2 fully saturated rings. The highest BCUT2D eigenvalue weighted by atomic mass is 16.5. The Balaban J connectivity index is 1.49. The van der Waals surface area contributed by atoms with E-state index in [2.05, 4.69) is 76.3 Å². The van der Waals surface area contributed by atoms with Gasteiger partial charge in [-0.25, -0.2) is 0 Å². The summed E-state index contributed by atoms with van der Waals surface area (Å²) in [6.07, 6.45) is 2.40. The Labute approximate surface area is 169 Å². The van der Waals surface area contributed by atoms with Gasteiger partial charge in [0.2, 0.25) is 0 Å². The predicted molar refractivity (Wildman–Crippen MR) is 115 cm³/mol. The van der Waals surface area contributed by atoms with Crippen LogP contribution in [0.5, 0.6) is 5.75 Å².